The Labute approximate surface area is 101 Å². The smallest absolute Gasteiger partial charge is 0.410 e. The summed E-state index contributed by atoms with van der Waals surface area (Å²) in [4.78, 5) is 13.3. The highest BCUT2D eigenvalue weighted by Gasteiger charge is 2.37. The van der Waals surface area contributed by atoms with E-state index in [1.807, 2.05) is 20.8 Å². The molecule has 0 aromatic carbocycles. The van der Waals surface area contributed by atoms with Crippen LogP contribution in [0.5, 0.6) is 0 Å². The number of carbonyl (C=O) groups excluding carboxylic acids is 1. The lowest BCUT2D eigenvalue weighted by Crippen LogP contribution is -2.41. The minimum absolute atomic E-state index is 0.0904. The third-order valence-electron chi connectivity index (χ3n) is 2.36. The SMILES string of the molecule is CC(C)(C)OC(=O)N1C[C@H](OS)C[C@H]1CO. The van der Waals surface area contributed by atoms with E-state index in [-0.39, 0.29) is 18.8 Å². The summed E-state index contributed by atoms with van der Waals surface area (Å²) in [5.41, 5.74) is -0.531. The average Bonchev–Trinajstić information content (AvgIpc) is 2.58. The van der Waals surface area contributed by atoms with E-state index in [1.165, 1.54) is 4.90 Å². The Bertz CT molecular complexity index is 254. The van der Waals surface area contributed by atoms with Gasteiger partial charge in [-0.25, -0.2) is 4.79 Å². The molecule has 0 spiro atoms. The van der Waals surface area contributed by atoms with Gasteiger partial charge in [-0.15, -0.1) is 0 Å². The number of hydrogen-bond acceptors (Lipinski definition) is 5. The van der Waals surface area contributed by atoms with Gasteiger partial charge >= 0.3 is 6.09 Å². The Hall–Kier alpha value is -0.460. The molecule has 5 nitrogen and oxygen atoms in total. The molecule has 94 valence electrons. The van der Waals surface area contributed by atoms with E-state index in [9.17, 15) is 4.79 Å². The molecule has 1 amide bonds. The van der Waals surface area contributed by atoms with Gasteiger partial charge in [0.15, 0.2) is 0 Å². The maximum atomic E-state index is 11.8. The standard InChI is InChI=1S/C10H19NO4S/c1-10(2,3)14-9(13)11-5-8(15-16)4-7(11)6-12/h7-8,12,16H,4-6H2,1-3H3/t7-,8+/m0/s1. The van der Waals surface area contributed by atoms with Gasteiger partial charge in [-0.1, -0.05) is 0 Å². The van der Waals surface area contributed by atoms with Crippen LogP contribution in [0.3, 0.4) is 0 Å². The number of rotatable bonds is 2. The van der Waals surface area contributed by atoms with Crippen molar-refractivity contribution in [2.75, 3.05) is 13.2 Å². The second-order valence-corrected chi connectivity index (χ2v) is 5.14. The fourth-order valence-corrected chi connectivity index (χ4v) is 1.82. The number of hydrogen-bond donors (Lipinski definition) is 2. The Morgan fingerprint density at radius 1 is 1.56 bits per heavy atom. The largest absolute Gasteiger partial charge is 0.444 e. The van der Waals surface area contributed by atoms with Gasteiger partial charge in [0.25, 0.3) is 0 Å². The minimum Gasteiger partial charge on any atom is -0.444 e. The molecular formula is C10H19NO4S. The molecule has 0 unspecified atom stereocenters. The van der Waals surface area contributed by atoms with Gasteiger partial charge in [-0.05, 0) is 40.1 Å². The van der Waals surface area contributed by atoms with Crippen LogP contribution in [0.2, 0.25) is 0 Å². The van der Waals surface area contributed by atoms with E-state index in [2.05, 4.69) is 12.9 Å². The number of aliphatic hydroxyl groups is 1. The number of likely N-dealkylation sites (tertiary alicyclic amines) is 1. The van der Waals surface area contributed by atoms with Crippen molar-refractivity contribution in [2.24, 2.45) is 0 Å². The maximum Gasteiger partial charge on any atom is 0.410 e. The lowest BCUT2D eigenvalue weighted by Gasteiger charge is -2.27. The van der Waals surface area contributed by atoms with E-state index in [4.69, 9.17) is 14.0 Å². The zero-order chi connectivity index (χ0) is 12.3. The lowest BCUT2D eigenvalue weighted by atomic mass is 10.2. The number of aliphatic hydroxyl groups excluding tert-OH is 1. The summed E-state index contributed by atoms with van der Waals surface area (Å²) in [6.45, 7) is 5.74. The van der Waals surface area contributed by atoms with Gasteiger partial charge in [0.05, 0.1) is 25.3 Å². The van der Waals surface area contributed by atoms with E-state index < -0.39 is 11.7 Å². The van der Waals surface area contributed by atoms with Gasteiger partial charge < -0.3 is 18.9 Å². The highest BCUT2D eigenvalue weighted by molar-refractivity contribution is 7.75. The second kappa shape index (κ2) is 5.25. The molecule has 1 fully saturated rings. The Balaban J connectivity index is 2.61. The van der Waals surface area contributed by atoms with Crippen LogP contribution in [-0.4, -0.2) is 47.0 Å². The molecule has 1 heterocycles. The highest BCUT2D eigenvalue weighted by atomic mass is 32.1. The van der Waals surface area contributed by atoms with Crippen molar-refractivity contribution in [3.8, 4) is 0 Å². The van der Waals surface area contributed by atoms with Crippen LogP contribution in [0.15, 0.2) is 0 Å². The van der Waals surface area contributed by atoms with Gasteiger partial charge in [0.2, 0.25) is 0 Å². The molecule has 6 heteroatoms. The van der Waals surface area contributed by atoms with Crippen molar-refractivity contribution in [1.29, 1.82) is 0 Å². The first-order chi connectivity index (χ1) is 7.37. The Kier molecular flexibility index (Phi) is 4.46. The molecule has 0 aliphatic carbocycles. The van der Waals surface area contributed by atoms with E-state index >= 15 is 0 Å². The fourth-order valence-electron chi connectivity index (χ4n) is 1.67. The van der Waals surface area contributed by atoms with Crippen molar-refractivity contribution in [2.45, 2.75) is 44.9 Å². The summed E-state index contributed by atoms with van der Waals surface area (Å²) in [5, 5.41) is 9.17. The van der Waals surface area contributed by atoms with Crippen LogP contribution < -0.4 is 0 Å². The number of nitrogens with zero attached hydrogens (tertiary/aromatic N) is 1. The molecule has 0 radical (unpaired) electrons. The topological polar surface area (TPSA) is 59.0 Å². The van der Waals surface area contributed by atoms with Gasteiger partial charge in [-0.3, -0.25) is 0 Å². The Morgan fingerprint density at radius 3 is 2.62 bits per heavy atom. The molecule has 1 aliphatic heterocycles. The zero-order valence-electron chi connectivity index (χ0n) is 9.84. The summed E-state index contributed by atoms with van der Waals surface area (Å²) >= 11 is 3.73. The molecule has 1 rings (SSSR count). The van der Waals surface area contributed by atoms with E-state index in [0.717, 1.165) is 0 Å². The number of thiol groups is 1. The normalized spacial score (nSPS) is 25.9. The summed E-state index contributed by atoms with van der Waals surface area (Å²) < 4.78 is 10.1. The predicted molar refractivity (Wildman–Crippen MR) is 62.3 cm³/mol. The number of carbonyl (C=O) groups is 1. The quantitative estimate of drug-likeness (QED) is 0.570. The van der Waals surface area contributed by atoms with Gasteiger partial charge in [0.1, 0.15) is 5.60 Å². The molecular weight excluding hydrogens is 230 g/mol. The third-order valence-corrected chi connectivity index (χ3v) is 2.66. The van der Waals surface area contributed by atoms with Crippen molar-refractivity contribution in [3.05, 3.63) is 0 Å². The zero-order valence-corrected chi connectivity index (χ0v) is 10.7. The van der Waals surface area contributed by atoms with Gasteiger partial charge in [-0.2, -0.15) is 0 Å². The van der Waals surface area contributed by atoms with Crippen LogP contribution >= 0.6 is 12.9 Å². The molecule has 2 atom stereocenters. The summed E-state index contributed by atoms with van der Waals surface area (Å²) in [5.74, 6) is 0. The van der Waals surface area contributed by atoms with Crippen LogP contribution in [-0.2, 0) is 8.92 Å². The molecule has 1 aliphatic rings. The van der Waals surface area contributed by atoms with Crippen LogP contribution in [0.4, 0.5) is 4.79 Å². The van der Waals surface area contributed by atoms with Crippen molar-refractivity contribution in [1.82, 2.24) is 4.90 Å². The molecule has 0 bridgehead atoms. The fraction of sp³-hybridized carbons (Fsp3) is 0.900. The second-order valence-electron chi connectivity index (χ2n) is 4.93. The number of ether oxygens (including phenoxy) is 1. The van der Waals surface area contributed by atoms with Gasteiger partial charge in [0, 0.05) is 0 Å². The molecule has 16 heavy (non-hydrogen) atoms. The van der Waals surface area contributed by atoms with Crippen molar-refractivity contribution >= 4 is 19.0 Å². The average molecular weight is 249 g/mol. The molecule has 0 aromatic heterocycles. The molecule has 0 saturated carbocycles. The first-order valence-corrected chi connectivity index (χ1v) is 5.64. The van der Waals surface area contributed by atoms with Crippen LogP contribution in [0.1, 0.15) is 27.2 Å². The van der Waals surface area contributed by atoms with E-state index in [1.54, 1.807) is 0 Å². The molecule has 1 N–H and O–H groups in total. The van der Waals surface area contributed by atoms with Crippen LogP contribution in [0.25, 0.3) is 0 Å². The van der Waals surface area contributed by atoms with Crippen molar-refractivity contribution < 1.29 is 18.8 Å². The predicted octanol–water partition coefficient (Wildman–Crippen LogP) is 1.22. The third kappa shape index (κ3) is 3.54. The monoisotopic (exact) mass is 249 g/mol. The molecule has 0 aromatic rings. The first-order valence-electron chi connectivity index (χ1n) is 5.28. The maximum absolute atomic E-state index is 11.8. The van der Waals surface area contributed by atoms with E-state index in [0.29, 0.717) is 13.0 Å². The number of amides is 1. The van der Waals surface area contributed by atoms with Crippen LogP contribution in [0, 0.1) is 0 Å². The minimum atomic E-state index is -0.531. The summed E-state index contributed by atoms with van der Waals surface area (Å²) in [6, 6.07) is -0.244. The van der Waals surface area contributed by atoms with Crippen molar-refractivity contribution in [3.63, 3.8) is 0 Å². The summed E-state index contributed by atoms with van der Waals surface area (Å²) in [6.07, 6.45) is 0.0200. The lowest BCUT2D eigenvalue weighted by molar-refractivity contribution is 0.0167. The molecule has 1 saturated heterocycles. The Morgan fingerprint density at radius 2 is 2.19 bits per heavy atom. The summed E-state index contributed by atoms with van der Waals surface area (Å²) in [7, 11) is 0. The highest BCUT2D eigenvalue weighted by Crippen LogP contribution is 2.23. The first kappa shape index (κ1) is 13.6.